The van der Waals surface area contributed by atoms with E-state index in [0.717, 1.165) is 34.9 Å². The van der Waals surface area contributed by atoms with E-state index in [1.54, 1.807) is 0 Å². The Morgan fingerprint density at radius 1 is 1.21 bits per heavy atom. The normalized spacial score (nSPS) is 14.0. The summed E-state index contributed by atoms with van der Waals surface area (Å²) >= 11 is 0. The second-order valence-corrected chi connectivity index (χ2v) is 7.23. The lowest BCUT2D eigenvalue weighted by molar-refractivity contribution is 0.0222. The molecule has 0 bridgehead atoms. The average molecular weight is 381 g/mol. The van der Waals surface area contributed by atoms with Gasteiger partial charge in [0.15, 0.2) is 5.58 Å². The molecule has 0 unspecified atom stereocenters. The molecule has 0 radical (unpaired) electrons. The Bertz CT molecular complexity index is 1010. The van der Waals surface area contributed by atoms with Crippen LogP contribution in [0.15, 0.2) is 40.9 Å². The van der Waals surface area contributed by atoms with Gasteiger partial charge in [-0.2, -0.15) is 0 Å². The number of aliphatic hydroxyl groups is 2. The molecule has 1 saturated carbocycles. The summed E-state index contributed by atoms with van der Waals surface area (Å²) in [4.78, 5) is 13.8. The van der Waals surface area contributed by atoms with Gasteiger partial charge in [-0.3, -0.25) is 9.69 Å². The maximum Gasteiger partial charge on any atom is 0.251 e. The van der Waals surface area contributed by atoms with Crippen LogP contribution in [0, 0.1) is 6.92 Å². The van der Waals surface area contributed by atoms with E-state index in [2.05, 4.69) is 10.5 Å². The molecule has 1 aromatic heterocycles. The highest BCUT2D eigenvalue weighted by molar-refractivity contribution is 5.96. The predicted octanol–water partition coefficient (Wildman–Crippen LogP) is 2.40. The summed E-state index contributed by atoms with van der Waals surface area (Å²) in [5, 5.41) is 26.4. The Morgan fingerprint density at radius 2 is 2.00 bits per heavy atom. The van der Waals surface area contributed by atoms with Gasteiger partial charge in [-0.05, 0) is 60.7 Å². The van der Waals surface area contributed by atoms with E-state index in [1.807, 2.05) is 43.3 Å². The molecule has 1 fully saturated rings. The lowest BCUT2D eigenvalue weighted by Crippen LogP contribution is -2.25. The number of aryl methyl sites for hydroxylation is 1. The first-order valence-corrected chi connectivity index (χ1v) is 9.33. The van der Waals surface area contributed by atoms with Crippen molar-refractivity contribution < 1.29 is 19.5 Å². The molecule has 7 heteroatoms. The molecule has 1 aliphatic carbocycles. The van der Waals surface area contributed by atoms with Crippen molar-refractivity contribution in [3.8, 4) is 11.1 Å². The molecule has 3 aromatic rings. The van der Waals surface area contributed by atoms with Crippen LogP contribution in [0.2, 0.25) is 0 Å². The van der Waals surface area contributed by atoms with Gasteiger partial charge in [-0.15, -0.1) is 0 Å². The number of carbonyl (C=O) groups is 1. The Morgan fingerprint density at radius 3 is 2.71 bits per heavy atom. The van der Waals surface area contributed by atoms with E-state index in [-0.39, 0.29) is 25.9 Å². The zero-order valence-corrected chi connectivity index (χ0v) is 15.7. The van der Waals surface area contributed by atoms with Crippen LogP contribution < -0.4 is 5.32 Å². The van der Waals surface area contributed by atoms with Crippen molar-refractivity contribution in [2.24, 2.45) is 0 Å². The van der Waals surface area contributed by atoms with E-state index in [4.69, 9.17) is 4.52 Å². The Kier molecular flexibility index (Phi) is 5.13. The number of aromatic nitrogens is 1. The van der Waals surface area contributed by atoms with E-state index < -0.39 is 0 Å². The number of nitrogens with one attached hydrogen (secondary N) is 1. The molecule has 1 heterocycles. The fourth-order valence-corrected chi connectivity index (χ4v) is 3.20. The van der Waals surface area contributed by atoms with Gasteiger partial charge < -0.3 is 20.1 Å². The van der Waals surface area contributed by atoms with Crippen molar-refractivity contribution in [2.75, 3.05) is 13.5 Å². The van der Waals surface area contributed by atoms with Crippen LogP contribution in [0.3, 0.4) is 0 Å². The molecule has 146 valence electrons. The first-order valence-electron chi connectivity index (χ1n) is 9.33. The Hall–Kier alpha value is -2.74. The van der Waals surface area contributed by atoms with Crippen LogP contribution in [0.5, 0.6) is 0 Å². The van der Waals surface area contributed by atoms with Gasteiger partial charge in [-0.1, -0.05) is 17.3 Å². The largest absolute Gasteiger partial charge is 0.381 e. The molecule has 0 aliphatic heterocycles. The van der Waals surface area contributed by atoms with Crippen LogP contribution in [0.1, 0.15) is 34.5 Å². The monoisotopic (exact) mass is 381 g/mol. The summed E-state index contributed by atoms with van der Waals surface area (Å²) in [6.45, 7) is 1.76. The number of benzene rings is 2. The Labute approximate surface area is 162 Å². The van der Waals surface area contributed by atoms with Gasteiger partial charge in [-0.25, -0.2) is 0 Å². The summed E-state index contributed by atoms with van der Waals surface area (Å²) in [6, 6.07) is 11.8. The fourth-order valence-electron chi connectivity index (χ4n) is 3.20. The van der Waals surface area contributed by atoms with Gasteiger partial charge in [0.05, 0.1) is 13.5 Å². The molecule has 1 amide bonds. The van der Waals surface area contributed by atoms with E-state index in [1.165, 1.54) is 4.90 Å². The standard InChI is InChI=1S/C21H23N3O4/c1-13-2-3-15(21(27)22-16-5-6-16)8-18(13)14-4-7-17-19(10-24(11-25)12-26)23-28-20(17)9-14/h2-4,7-9,16,25-26H,5-6,10-12H2,1H3,(H,22,27). The highest BCUT2D eigenvalue weighted by Crippen LogP contribution is 2.30. The third-order valence-electron chi connectivity index (χ3n) is 5.04. The van der Waals surface area contributed by atoms with Gasteiger partial charge in [0.2, 0.25) is 0 Å². The second-order valence-electron chi connectivity index (χ2n) is 7.23. The highest BCUT2D eigenvalue weighted by Gasteiger charge is 2.24. The molecule has 7 nitrogen and oxygen atoms in total. The molecule has 1 aliphatic rings. The summed E-state index contributed by atoms with van der Waals surface area (Å²) in [7, 11) is 0. The first-order chi connectivity index (χ1) is 13.6. The van der Waals surface area contributed by atoms with Crippen LogP contribution in [-0.2, 0) is 6.54 Å². The summed E-state index contributed by atoms with van der Waals surface area (Å²) in [5.74, 6) is -0.0418. The van der Waals surface area contributed by atoms with Gasteiger partial charge in [0, 0.05) is 23.5 Å². The maximum absolute atomic E-state index is 12.4. The molecule has 3 N–H and O–H groups in total. The SMILES string of the molecule is Cc1ccc(C(=O)NC2CC2)cc1-c1ccc2c(CN(CO)CO)noc2c1. The minimum Gasteiger partial charge on any atom is -0.381 e. The van der Waals surface area contributed by atoms with Gasteiger partial charge in [0.1, 0.15) is 5.69 Å². The van der Waals surface area contributed by atoms with Crippen molar-refractivity contribution in [1.29, 1.82) is 0 Å². The van der Waals surface area contributed by atoms with Crippen molar-refractivity contribution in [3.05, 3.63) is 53.2 Å². The van der Waals surface area contributed by atoms with Crippen molar-refractivity contribution in [2.45, 2.75) is 32.4 Å². The van der Waals surface area contributed by atoms with Gasteiger partial charge >= 0.3 is 0 Å². The van der Waals surface area contributed by atoms with Crippen LogP contribution in [-0.4, -0.2) is 45.7 Å². The van der Waals surface area contributed by atoms with Crippen molar-refractivity contribution >= 4 is 16.9 Å². The smallest absolute Gasteiger partial charge is 0.251 e. The lowest BCUT2D eigenvalue weighted by atomic mass is 9.97. The number of hydrogen-bond acceptors (Lipinski definition) is 6. The summed E-state index contributed by atoms with van der Waals surface area (Å²) in [6.07, 6.45) is 2.11. The van der Waals surface area contributed by atoms with Gasteiger partial charge in [0.25, 0.3) is 5.91 Å². The van der Waals surface area contributed by atoms with E-state index in [9.17, 15) is 15.0 Å². The topological polar surface area (TPSA) is 98.8 Å². The number of nitrogens with zero attached hydrogens (tertiary/aromatic N) is 2. The second kappa shape index (κ2) is 7.71. The van der Waals surface area contributed by atoms with E-state index in [0.29, 0.717) is 22.9 Å². The number of rotatable bonds is 7. The number of aliphatic hydroxyl groups excluding tert-OH is 2. The third kappa shape index (κ3) is 3.77. The van der Waals surface area contributed by atoms with E-state index >= 15 is 0 Å². The molecular weight excluding hydrogens is 358 g/mol. The predicted molar refractivity (Wildman–Crippen MR) is 104 cm³/mol. The minimum absolute atomic E-state index is 0.0418. The molecule has 28 heavy (non-hydrogen) atoms. The molecule has 0 saturated heterocycles. The fraction of sp³-hybridized carbons (Fsp3) is 0.333. The zero-order chi connectivity index (χ0) is 19.7. The molecule has 0 atom stereocenters. The highest BCUT2D eigenvalue weighted by atomic mass is 16.5. The first kappa shape index (κ1) is 18.6. The third-order valence-corrected chi connectivity index (χ3v) is 5.04. The number of amides is 1. The molecular formula is C21H23N3O4. The molecule has 2 aromatic carbocycles. The van der Waals surface area contributed by atoms with Crippen LogP contribution >= 0.6 is 0 Å². The maximum atomic E-state index is 12.4. The molecule has 0 spiro atoms. The van der Waals surface area contributed by atoms with Crippen LogP contribution in [0.25, 0.3) is 22.1 Å². The van der Waals surface area contributed by atoms with Crippen molar-refractivity contribution in [1.82, 2.24) is 15.4 Å². The Balaban J connectivity index is 1.64. The lowest BCUT2D eigenvalue weighted by Gasteiger charge is -2.14. The minimum atomic E-state index is -0.266. The number of fused-ring (bicyclic) bond motifs is 1. The quantitative estimate of drug-likeness (QED) is 0.544. The number of carbonyl (C=O) groups excluding carboxylic acids is 1. The number of hydrogen-bond donors (Lipinski definition) is 3. The average Bonchev–Trinajstić information content (AvgIpc) is 3.44. The van der Waals surface area contributed by atoms with Crippen LogP contribution in [0.4, 0.5) is 0 Å². The summed E-state index contributed by atoms with van der Waals surface area (Å²) in [5.41, 5.74) is 4.89. The molecule has 4 rings (SSSR count). The van der Waals surface area contributed by atoms with Crippen molar-refractivity contribution in [3.63, 3.8) is 0 Å². The summed E-state index contributed by atoms with van der Waals surface area (Å²) < 4.78 is 5.46. The zero-order valence-electron chi connectivity index (χ0n) is 15.7.